The zero-order valence-electron chi connectivity index (χ0n) is 25.7. The van der Waals surface area contributed by atoms with Gasteiger partial charge in [-0.05, 0) is 64.2 Å². The number of amides is 2. The summed E-state index contributed by atoms with van der Waals surface area (Å²) in [6.07, 6.45) is 4.61. The lowest BCUT2D eigenvalue weighted by molar-refractivity contribution is -0.165. The summed E-state index contributed by atoms with van der Waals surface area (Å²) in [4.78, 5) is 46.1. The number of likely N-dealkylation sites (tertiary alicyclic amines) is 1. The van der Waals surface area contributed by atoms with Gasteiger partial charge in [0.05, 0.1) is 30.8 Å². The first kappa shape index (κ1) is 31.6. The van der Waals surface area contributed by atoms with Crippen LogP contribution in [-0.4, -0.2) is 81.3 Å². The van der Waals surface area contributed by atoms with Crippen LogP contribution in [0.4, 0.5) is 0 Å². The molecule has 3 aliphatic rings. The highest BCUT2D eigenvalue weighted by atomic mass is 16.6. The molecule has 3 aliphatic heterocycles. The van der Waals surface area contributed by atoms with E-state index in [2.05, 4.69) is 41.2 Å². The van der Waals surface area contributed by atoms with Crippen LogP contribution in [0.5, 0.6) is 0 Å². The largest absolute Gasteiger partial charge is 0.466 e. The van der Waals surface area contributed by atoms with E-state index in [0.717, 1.165) is 6.42 Å². The van der Waals surface area contributed by atoms with Crippen LogP contribution in [0.3, 0.4) is 0 Å². The number of carbonyl (C=O) groups is 3. The zero-order chi connectivity index (χ0) is 29.6. The summed E-state index contributed by atoms with van der Waals surface area (Å²) in [6, 6.07) is -1.51. The van der Waals surface area contributed by atoms with E-state index < -0.39 is 46.6 Å². The molecule has 3 fully saturated rings. The summed E-state index contributed by atoms with van der Waals surface area (Å²) >= 11 is 0. The normalized spacial score (nSPS) is 31.0. The number of esters is 1. The fraction of sp³-hybridized carbons (Fsp3) is 0.839. The summed E-state index contributed by atoms with van der Waals surface area (Å²) in [5.74, 6) is -2.35. The standard InChI is InChI=1S/C31H52N2O6/c1-11-16-32(29(9,10)19-28(6,7)8)26(36)24-31-15-14-30(12-2,39-31)23(27(37)38-13-3)22(31)25(35)33(24)21(18-34)17-20(4)5/h11,20-24,34H,1,12-19H2,2-10H3/t21-,22+,23-,24?,30+,31?/m1/s1. The van der Waals surface area contributed by atoms with Gasteiger partial charge in [-0.1, -0.05) is 47.6 Å². The molecule has 0 radical (unpaired) electrons. The lowest BCUT2D eigenvalue weighted by atomic mass is 9.65. The number of fused-ring (bicyclic) bond motifs is 1. The van der Waals surface area contributed by atoms with Crippen LogP contribution >= 0.6 is 0 Å². The first-order valence-electron chi connectivity index (χ1n) is 14.8. The summed E-state index contributed by atoms with van der Waals surface area (Å²) < 4.78 is 12.3. The van der Waals surface area contributed by atoms with Gasteiger partial charge in [0.15, 0.2) is 0 Å². The third kappa shape index (κ3) is 5.40. The van der Waals surface area contributed by atoms with Gasteiger partial charge in [-0.3, -0.25) is 14.4 Å². The molecule has 6 atom stereocenters. The van der Waals surface area contributed by atoms with Crippen molar-refractivity contribution in [2.24, 2.45) is 23.2 Å². The highest BCUT2D eigenvalue weighted by Crippen LogP contribution is 2.65. The molecule has 39 heavy (non-hydrogen) atoms. The Bertz CT molecular complexity index is 955. The monoisotopic (exact) mass is 548 g/mol. The van der Waals surface area contributed by atoms with E-state index in [-0.39, 0.29) is 36.4 Å². The number of aliphatic hydroxyl groups excluding tert-OH is 1. The molecule has 8 heteroatoms. The lowest BCUT2D eigenvalue weighted by Crippen LogP contribution is -2.62. The Kier molecular flexibility index (Phi) is 9.04. The summed E-state index contributed by atoms with van der Waals surface area (Å²) in [6.45, 7) is 22.5. The van der Waals surface area contributed by atoms with Gasteiger partial charge >= 0.3 is 5.97 Å². The van der Waals surface area contributed by atoms with Gasteiger partial charge in [-0.25, -0.2) is 0 Å². The molecule has 1 N–H and O–H groups in total. The first-order chi connectivity index (χ1) is 18.1. The number of ether oxygens (including phenoxy) is 2. The molecule has 3 rings (SSSR count). The minimum Gasteiger partial charge on any atom is -0.466 e. The highest BCUT2D eigenvalue weighted by Gasteiger charge is 2.79. The summed E-state index contributed by atoms with van der Waals surface area (Å²) in [5.41, 5.74) is -2.58. The van der Waals surface area contributed by atoms with Crippen molar-refractivity contribution in [2.45, 2.75) is 123 Å². The van der Waals surface area contributed by atoms with E-state index >= 15 is 0 Å². The number of carbonyl (C=O) groups excluding carboxylic acids is 3. The quantitative estimate of drug-likeness (QED) is 0.288. The van der Waals surface area contributed by atoms with Crippen molar-refractivity contribution in [2.75, 3.05) is 19.8 Å². The van der Waals surface area contributed by atoms with E-state index in [1.54, 1.807) is 17.9 Å². The zero-order valence-corrected chi connectivity index (χ0v) is 25.7. The second-order valence-electron chi connectivity index (χ2n) is 14.1. The van der Waals surface area contributed by atoms with Crippen LogP contribution < -0.4 is 0 Å². The predicted octanol–water partition coefficient (Wildman–Crippen LogP) is 4.34. The molecule has 2 bridgehead atoms. The SMILES string of the molecule is C=CCN(C(=O)C1N([C@@H](CO)CC(C)C)C(=O)[C@@H]2[C@H](C(=O)OCC)[C@]3(CC)CCC12O3)C(C)(C)CC(C)(C)C. The topological polar surface area (TPSA) is 96.4 Å². The number of aliphatic hydroxyl groups is 1. The number of rotatable bonds is 12. The van der Waals surface area contributed by atoms with E-state index in [0.29, 0.717) is 32.2 Å². The van der Waals surface area contributed by atoms with Gasteiger partial charge in [0, 0.05) is 12.1 Å². The minimum absolute atomic E-state index is 0.0515. The molecule has 0 aromatic carbocycles. The van der Waals surface area contributed by atoms with E-state index in [9.17, 15) is 19.5 Å². The third-order valence-electron chi connectivity index (χ3n) is 9.01. The maximum atomic E-state index is 14.9. The summed E-state index contributed by atoms with van der Waals surface area (Å²) in [7, 11) is 0. The smallest absolute Gasteiger partial charge is 0.312 e. The molecule has 222 valence electrons. The third-order valence-corrected chi connectivity index (χ3v) is 9.01. The van der Waals surface area contributed by atoms with Crippen LogP contribution in [0.25, 0.3) is 0 Å². The second kappa shape index (κ2) is 11.2. The van der Waals surface area contributed by atoms with E-state index in [1.165, 1.54) is 0 Å². The van der Waals surface area contributed by atoms with Crippen molar-refractivity contribution in [1.82, 2.24) is 9.80 Å². The van der Waals surface area contributed by atoms with E-state index in [4.69, 9.17) is 9.47 Å². The van der Waals surface area contributed by atoms with Crippen molar-refractivity contribution in [3.63, 3.8) is 0 Å². The average Bonchev–Trinajstić information content (AvgIpc) is 3.42. The van der Waals surface area contributed by atoms with Crippen LogP contribution in [-0.2, 0) is 23.9 Å². The molecule has 0 saturated carbocycles. The van der Waals surface area contributed by atoms with Gasteiger partial charge in [0.1, 0.15) is 17.6 Å². The number of hydrogen-bond acceptors (Lipinski definition) is 6. The fourth-order valence-electron chi connectivity index (χ4n) is 8.04. The Morgan fingerprint density at radius 2 is 1.87 bits per heavy atom. The predicted molar refractivity (Wildman–Crippen MR) is 151 cm³/mol. The molecule has 3 saturated heterocycles. The molecule has 2 unspecified atom stereocenters. The van der Waals surface area contributed by atoms with Gasteiger partial charge in [0.2, 0.25) is 11.8 Å². The Hall–Kier alpha value is -1.93. The molecule has 0 aromatic rings. The Morgan fingerprint density at radius 3 is 2.36 bits per heavy atom. The van der Waals surface area contributed by atoms with Gasteiger partial charge in [-0.2, -0.15) is 0 Å². The van der Waals surface area contributed by atoms with Gasteiger partial charge in [-0.15, -0.1) is 6.58 Å². The van der Waals surface area contributed by atoms with Gasteiger partial charge < -0.3 is 24.4 Å². The van der Waals surface area contributed by atoms with E-state index in [1.807, 2.05) is 25.7 Å². The highest BCUT2D eigenvalue weighted by molar-refractivity contribution is 5.99. The molecule has 0 aromatic heterocycles. The van der Waals surface area contributed by atoms with Crippen molar-refractivity contribution in [3.8, 4) is 0 Å². The Labute approximate surface area is 235 Å². The molecular weight excluding hydrogens is 496 g/mol. The molecule has 3 heterocycles. The number of hydrogen-bond donors (Lipinski definition) is 1. The molecule has 0 aliphatic carbocycles. The van der Waals surface area contributed by atoms with Crippen molar-refractivity contribution >= 4 is 17.8 Å². The molecule has 2 amide bonds. The first-order valence-corrected chi connectivity index (χ1v) is 14.8. The fourth-order valence-corrected chi connectivity index (χ4v) is 8.04. The average molecular weight is 549 g/mol. The van der Waals surface area contributed by atoms with Crippen LogP contribution in [0.1, 0.15) is 94.4 Å². The second-order valence-corrected chi connectivity index (χ2v) is 14.1. The maximum Gasteiger partial charge on any atom is 0.312 e. The lowest BCUT2D eigenvalue weighted by Gasteiger charge is -2.46. The van der Waals surface area contributed by atoms with Gasteiger partial charge in [0.25, 0.3) is 0 Å². The Balaban J connectivity index is 2.20. The molecule has 1 spiro atoms. The van der Waals surface area contributed by atoms with Crippen LogP contribution in [0.2, 0.25) is 0 Å². The van der Waals surface area contributed by atoms with Crippen LogP contribution in [0, 0.1) is 23.2 Å². The molecular formula is C31H52N2O6. The van der Waals surface area contributed by atoms with Crippen LogP contribution in [0.15, 0.2) is 12.7 Å². The minimum atomic E-state index is -1.15. The molecule has 8 nitrogen and oxygen atoms in total. The van der Waals surface area contributed by atoms with Crippen molar-refractivity contribution in [1.29, 1.82) is 0 Å². The Morgan fingerprint density at radius 1 is 1.23 bits per heavy atom. The summed E-state index contributed by atoms with van der Waals surface area (Å²) in [5, 5.41) is 10.5. The van der Waals surface area contributed by atoms with Crippen molar-refractivity contribution < 1.29 is 29.0 Å². The maximum absolute atomic E-state index is 14.9. The van der Waals surface area contributed by atoms with Crippen molar-refractivity contribution in [3.05, 3.63) is 12.7 Å². The number of nitrogens with zero attached hydrogens (tertiary/aromatic N) is 2.